The molecule has 7 nitrogen and oxygen atoms in total. The molecule has 0 N–H and O–H groups in total. The van der Waals surface area contributed by atoms with Gasteiger partial charge in [0, 0.05) is 32.5 Å². The van der Waals surface area contributed by atoms with Crippen LogP contribution in [0.15, 0.2) is 30.3 Å². The summed E-state index contributed by atoms with van der Waals surface area (Å²) in [6.07, 6.45) is 5.55. The fourth-order valence-electron chi connectivity index (χ4n) is 3.82. The summed E-state index contributed by atoms with van der Waals surface area (Å²) in [6.45, 7) is 3.30. The summed E-state index contributed by atoms with van der Waals surface area (Å²) in [5, 5.41) is 4.71. The van der Waals surface area contributed by atoms with Crippen molar-refractivity contribution in [2.45, 2.75) is 51.2 Å². The smallest absolute Gasteiger partial charge is 0.222 e. The van der Waals surface area contributed by atoms with Gasteiger partial charge in [0.05, 0.1) is 12.6 Å². The van der Waals surface area contributed by atoms with Gasteiger partial charge in [0.25, 0.3) is 0 Å². The highest BCUT2D eigenvalue weighted by molar-refractivity contribution is 5.76. The molecule has 2 fully saturated rings. The van der Waals surface area contributed by atoms with Gasteiger partial charge in [0.2, 0.25) is 5.91 Å². The van der Waals surface area contributed by atoms with E-state index in [2.05, 4.69) is 0 Å². The topological polar surface area (TPSA) is 69.5 Å². The second-order valence-corrected chi connectivity index (χ2v) is 7.45. The van der Waals surface area contributed by atoms with Crippen LogP contribution < -0.4 is 4.74 Å². The van der Waals surface area contributed by atoms with Crippen molar-refractivity contribution < 1.29 is 14.3 Å². The normalized spacial score (nSPS) is 20.4. The van der Waals surface area contributed by atoms with E-state index >= 15 is 0 Å². The third-order valence-electron chi connectivity index (χ3n) is 5.39. The summed E-state index contributed by atoms with van der Waals surface area (Å²) >= 11 is 0. The third-order valence-corrected chi connectivity index (χ3v) is 5.39. The molecule has 0 saturated carbocycles. The van der Waals surface area contributed by atoms with Crippen LogP contribution in [0.4, 0.5) is 0 Å². The number of nitrogens with zero attached hydrogens (tertiary/aromatic N) is 4. The molecule has 1 aromatic heterocycles. The molecular formula is C21H28N4O3. The van der Waals surface area contributed by atoms with Crippen molar-refractivity contribution >= 4 is 5.91 Å². The van der Waals surface area contributed by atoms with Crippen molar-refractivity contribution in [3.05, 3.63) is 42.0 Å². The molecule has 0 spiro atoms. The molecule has 4 rings (SSSR count). The summed E-state index contributed by atoms with van der Waals surface area (Å²) in [6, 6.07) is 9.92. The zero-order valence-corrected chi connectivity index (χ0v) is 16.3. The van der Waals surface area contributed by atoms with Gasteiger partial charge >= 0.3 is 0 Å². The number of amides is 1. The number of rotatable bonds is 7. The first-order valence-corrected chi connectivity index (χ1v) is 10.3. The molecule has 0 bridgehead atoms. The van der Waals surface area contributed by atoms with Crippen molar-refractivity contribution in [1.82, 2.24) is 19.7 Å². The van der Waals surface area contributed by atoms with Gasteiger partial charge in [0.1, 0.15) is 18.2 Å². The van der Waals surface area contributed by atoms with Crippen LogP contribution in [0.2, 0.25) is 0 Å². The SMILES string of the molecule is O=C1CCCCCN1CCc1nc(COc2ccccc2)nn1C1CCOC1. The molecule has 1 atom stereocenters. The van der Waals surface area contributed by atoms with Crippen molar-refractivity contribution in [2.75, 3.05) is 26.3 Å². The Balaban J connectivity index is 1.44. The molecule has 1 aromatic carbocycles. The second-order valence-electron chi connectivity index (χ2n) is 7.45. The number of hydrogen-bond acceptors (Lipinski definition) is 5. The minimum atomic E-state index is 0.216. The van der Waals surface area contributed by atoms with Gasteiger partial charge in [-0.15, -0.1) is 0 Å². The minimum absolute atomic E-state index is 0.216. The van der Waals surface area contributed by atoms with Crippen molar-refractivity contribution in [3.8, 4) is 5.75 Å². The second kappa shape index (κ2) is 9.19. The number of likely N-dealkylation sites (tertiary alicyclic amines) is 1. The Bertz CT molecular complexity index is 771. The van der Waals surface area contributed by atoms with Crippen LogP contribution in [0, 0.1) is 0 Å². The Kier molecular flexibility index (Phi) is 6.21. The maximum atomic E-state index is 12.3. The van der Waals surface area contributed by atoms with E-state index in [-0.39, 0.29) is 11.9 Å². The lowest BCUT2D eigenvalue weighted by Crippen LogP contribution is -2.33. The van der Waals surface area contributed by atoms with E-state index in [0.29, 0.717) is 38.4 Å². The molecule has 7 heteroatoms. The van der Waals surface area contributed by atoms with Crippen LogP contribution in [0.25, 0.3) is 0 Å². The van der Waals surface area contributed by atoms with E-state index in [9.17, 15) is 4.79 Å². The van der Waals surface area contributed by atoms with Crippen molar-refractivity contribution in [2.24, 2.45) is 0 Å². The first-order chi connectivity index (χ1) is 13.8. The molecule has 0 radical (unpaired) electrons. The molecule has 28 heavy (non-hydrogen) atoms. The molecule has 3 heterocycles. The van der Waals surface area contributed by atoms with E-state index in [0.717, 1.165) is 50.4 Å². The molecule has 2 aliphatic heterocycles. The highest BCUT2D eigenvalue weighted by Gasteiger charge is 2.24. The summed E-state index contributed by atoms with van der Waals surface area (Å²) in [4.78, 5) is 19.0. The van der Waals surface area contributed by atoms with Crippen LogP contribution in [-0.4, -0.2) is 51.9 Å². The van der Waals surface area contributed by atoms with Crippen molar-refractivity contribution in [1.29, 1.82) is 0 Å². The number of hydrogen-bond donors (Lipinski definition) is 0. The van der Waals surface area contributed by atoms with E-state index in [1.54, 1.807) is 0 Å². The average Bonchev–Trinajstić information content (AvgIpc) is 3.34. The van der Waals surface area contributed by atoms with Gasteiger partial charge in [-0.25, -0.2) is 9.67 Å². The van der Waals surface area contributed by atoms with Crippen LogP contribution in [0.5, 0.6) is 5.75 Å². The molecule has 0 aliphatic carbocycles. The number of benzene rings is 1. The number of aromatic nitrogens is 3. The lowest BCUT2D eigenvalue weighted by molar-refractivity contribution is -0.130. The zero-order chi connectivity index (χ0) is 19.2. The Labute approximate surface area is 165 Å². The molecule has 1 amide bonds. The quantitative estimate of drug-likeness (QED) is 0.734. The minimum Gasteiger partial charge on any atom is -0.486 e. The number of carbonyl (C=O) groups excluding carboxylic acids is 1. The predicted octanol–water partition coefficient (Wildman–Crippen LogP) is 2.76. The van der Waals surface area contributed by atoms with Gasteiger partial charge in [-0.1, -0.05) is 24.6 Å². The highest BCUT2D eigenvalue weighted by atomic mass is 16.5. The highest BCUT2D eigenvalue weighted by Crippen LogP contribution is 2.21. The molecular weight excluding hydrogens is 356 g/mol. The Morgan fingerprint density at radius 2 is 2.07 bits per heavy atom. The summed E-state index contributed by atoms with van der Waals surface area (Å²) in [5.41, 5.74) is 0. The molecule has 150 valence electrons. The van der Waals surface area contributed by atoms with E-state index < -0.39 is 0 Å². The standard InChI is InChI=1S/C21H28N4O3/c26-21-9-5-2-6-12-24(21)13-10-20-22-19(16-28-18-7-3-1-4-8-18)23-25(20)17-11-14-27-15-17/h1,3-4,7-8,17H,2,5-6,9-16H2. The maximum Gasteiger partial charge on any atom is 0.222 e. The number of carbonyl (C=O) groups is 1. The summed E-state index contributed by atoms with van der Waals surface area (Å²) in [7, 11) is 0. The largest absolute Gasteiger partial charge is 0.486 e. The first kappa shape index (κ1) is 18.9. The lowest BCUT2D eigenvalue weighted by atomic mass is 10.2. The first-order valence-electron chi connectivity index (χ1n) is 10.3. The molecule has 1 unspecified atom stereocenters. The fourth-order valence-corrected chi connectivity index (χ4v) is 3.82. The summed E-state index contributed by atoms with van der Waals surface area (Å²) in [5.74, 6) is 2.66. The van der Waals surface area contributed by atoms with E-state index in [1.165, 1.54) is 0 Å². The van der Waals surface area contributed by atoms with Gasteiger partial charge < -0.3 is 14.4 Å². The Morgan fingerprint density at radius 1 is 1.18 bits per heavy atom. The van der Waals surface area contributed by atoms with E-state index in [4.69, 9.17) is 19.6 Å². The van der Waals surface area contributed by atoms with Crippen molar-refractivity contribution in [3.63, 3.8) is 0 Å². The van der Waals surface area contributed by atoms with Gasteiger partial charge in [0.15, 0.2) is 5.82 Å². The Hall–Kier alpha value is -2.41. The van der Waals surface area contributed by atoms with Gasteiger partial charge in [-0.2, -0.15) is 5.10 Å². The number of ether oxygens (including phenoxy) is 2. The molecule has 2 aromatic rings. The zero-order valence-electron chi connectivity index (χ0n) is 16.3. The van der Waals surface area contributed by atoms with Crippen LogP contribution in [0.3, 0.4) is 0 Å². The van der Waals surface area contributed by atoms with E-state index in [1.807, 2.05) is 39.9 Å². The molecule has 2 saturated heterocycles. The lowest BCUT2D eigenvalue weighted by Gasteiger charge is -2.20. The summed E-state index contributed by atoms with van der Waals surface area (Å²) < 4.78 is 13.4. The van der Waals surface area contributed by atoms with Crippen LogP contribution in [0.1, 0.15) is 49.8 Å². The fraction of sp³-hybridized carbons (Fsp3) is 0.571. The third kappa shape index (κ3) is 4.70. The Morgan fingerprint density at radius 3 is 2.89 bits per heavy atom. The maximum absolute atomic E-state index is 12.3. The van der Waals surface area contributed by atoms with Crippen LogP contribution >= 0.6 is 0 Å². The van der Waals surface area contributed by atoms with Gasteiger partial charge in [-0.05, 0) is 31.4 Å². The molecule has 2 aliphatic rings. The monoisotopic (exact) mass is 384 g/mol. The predicted molar refractivity (Wildman–Crippen MR) is 104 cm³/mol. The average molecular weight is 384 g/mol. The van der Waals surface area contributed by atoms with Crippen LogP contribution in [-0.2, 0) is 22.6 Å². The number of para-hydroxylation sites is 1. The van der Waals surface area contributed by atoms with Gasteiger partial charge in [-0.3, -0.25) is 4.79 Å².